The predicted octanol–water partition coefficient (Wildman–Crippen LogP) is 3.05. The van der Waals surface area contributed by atoms with Crippen LogP contribution in [0.25, 0.3) is 16.6 Å². The number of alkyl halides is 2. The molecule has 2 saturated carbocycles. The zero-order valence-corrected chi connectivity index (χ0v) is 20.3. The molecule has 3 aliphatic rings. The highest BCUT2D eigenvalue weighted by molar-refractivity contribution is 6.34. The molecular weight excluding hydrogens is 525 g/mol. The normalized spacial score (nSPS) is 24.9. The average molecular weight is 545 g/mol. The molecule has 5 atom stereocenters. The molecule has 5 rings (SSSR count). The number of hydrogen-bond donors (Lipinski definition) is 3. The van der Waals surface area contributed by atoms with Gasteiger partial charge in [-0.05, 0) is 19.6 Å². The molecule has 1 aliphatic heterocycles. The summed E-state index contributed by atoms with van der Waals surface area (Å²) in [5.74, 6) is -3.68. The molecule has 3 N–H and O–H groups in total. The van der Waals surface area contributed by atoms with Crippen LogP contribution >= 0.6 is 11.6 Å². The van der Waals surface area contributed by atoms with Gasteiger partial charge in [-0.1, -0.05) is 11.6 Å². The molecule has 2 aliphatic carbocycles. The van der Waals surface area contributed by atoms with Crippen LogP contribution in [0.5, 0.6) is 0 Å². The van der Waals surface area contributed by atoms with E-state index in [1.165, 1.54) is 24.8 Å². The molecule has 0 saturated heterocycles. The van der Waals surface area contributed by atoms with Gasteiger partial charge in [0.1, 0.15) is 24.2 Å². The highest BCUT2D eigenvalue weighted by atomic mass is 35.5. The lowest BCUT2D eigenvalue weighted by atomic mass is 9.98. The van der Waals surface area contributed by atoms with Crippen LogP contribution in [0.2, 0.25) is 5.02 Å². The second kappa shape index (κ2) is 9.94. The van der Waals surface area contributed by atoms with Crippen LogP contribution in [0.15, 0.2) is 34.4 Å². The Balaban J connectivity index is 1.47. The Hall–Kier alpha value is -4.18. The Morgan fingerprint density at radius 1 is 1.32 bits per heavy atom. The summed E-state index contributed by atoms with van der Waals surface area (Å²) >= 11 is 6.44. The first-order chi connectivity index (χ1) is 18.2. The summed E-state index contributed by atoms with van der Waals surface area (Å²) in [5, 5.41) is 21.1. The van der Waals surface area contributed by atoms with Gasteiger partial charge in [0.15, 0.2) is 5.82 Å². The molecule has 2 amide bonds. The topological polar surface area (TPSA) is 139 Å². The van der Waals surface area contributed by atoms with E-state index in [0.29, 0.717) is 5.39 Å². The molecule has 0 radical (unpaired) electrons. The Labute approximate surface area is 218 Å². The number of benzene rings is 1. The van der Waals surface area contributed by atoms with Crippen molar-refractivity contribution in [1.29, 1.82) is 5.26 Å². The number of aliphatic imine (C=N–C) groups is 2. The zero-order chi connectivity index (χ0) is 27.1. The number of rotatable bonds is 8. The highest BCUT2D eigenvalue weighted by Gasteiger charge is 2.45. The van der Waals surface area contributed by atoms with Crippen molar-refractivity contribution in [2.75, 3.05) is 6.54 Å². The van der Waals surface area contributed by atoms with Crippen molar-refractivity contribution in [1.82, 2.24) is 25.7 Å². The number of aromatic amines is 1. The highest BCUT2D eigenvalue weighted by Crippen LogP contribution is 2.40. The molecule has 0 spiro atoms. The smallest absolute Gasteiger partial charge is 0.231 e. The first kappa shape index (κ1) is 25.5. The van der Waals surface area contributed by atoms with Crippen LogP contribution in [0.3, 0.4) is 0 Å². The van der Waals surface area contributed by atoms with Crippen molar-refractivity contribution in [3.63, 3.8) is 0 Å². The van der Waals surface area contributed by atoms with E-state index >= 15 is 4.39 Å². The van der Waals surface area contributed by atoms with E-state index in [-0.39, 0.29) is 52.6 Å². The first-order valence-corrected chi connectivity index (χ1v) is 11.9. The summed E-state index contributed by atoms with van der Waals surface area (Å²) < 4.78 is 42.2. The molecular formula is C24H20ClF3N8O2. The minimum atomic E-state index is -1.45. The fourth-order valence-electron chi connectivity index (χ4n) is 4.13. The summed E-state index contributed by atoms with van der Waals surface area (Å²) in [6, 6.07) is 0.375. The van der Waals surface area contributed by atoms with E-state index in [4.69, 9.17) is 11.6 Å². The van der Waals surface area contributed by atoms with Gasteiger partial charge in [0.25, 0.3) is 0 Å². The van der Waals surface area contributed by atoms with Crippen molar-refractivity contribution in [2.45, 2.75) is 31.2 Å². The predicted molar refractivity (Wildman–Crippen MR) is 133 cm³/mol. The third kappa shape index (κ3) is 4.74. The first-order valence-electron chi connectivity index (χ1n) is 11.5. The van der Waals surface area contributed by atoms with Gasteiger partial charge < -0.3 is 15.5 Å². The minimum absolute atomic E-state index is 0.0481. The van der Waals surface area contributed by atoms with Crippen LogP contribution in [0.1, 0.15) is 30.0 Å². The number of carbonyl (C=O) groups excluding carboxylic acids is 2. The Morgan fingerprint density at radius 3 is 2.63 bits per heavy atom. The maximum absolute atomic E-state index is 15.7. The SMILES string of the molecule is C=N/C(=C\N1C=C(c2c(Cl)c(F)c(C(C#N)NC(=O)[C@@H]3C[C@@H]3F)c3[nH]ncc23)N=CC1)NC(=O)[C@@H]1C[C@@H]1F. The molecule has 196 valence electrons. The maximum Gasteiger partial charge on any atom is 0.231 e. The zero-order valence-electron chi connectivity index (χ0n) is 19.6. The molecule has 38 heavy (non-hydrogen) atoms. The largest absolute Gasteiger partial charge is 0.343 e. The summed E-state index contributed by atoms with van der Waals surface area (Å²) in [4.78, 5) is 34.0. The van der Waals surface area contributed by atoms with E-state index in [9.17, 15) is 23.6 Å². The molecule has 14 heteroatoms. The summed E-state index contributed by atoms with van der Waals surface area (Å²) in [6.07, 6.45) is 3.62. The quantitative estimate of drug-likeness (QED) is 0.438. The lowest BCUT2D eigenvalue weighted by molar-refractivity contribution is -0.123. The number of nitrogens with zero attached hydrogens (tertiary/aromatic N) is 5. The lowest BCUT2D eigenvalue weighted by Gasteiger charge is -2.22. The van der Waals surface area contributed by atoms with Gasteiger partial charge in [0, 0.05) is 29.6 Å². The van der Waals surface area contributed by atoms with Crippen molar-refractivity contribution >= 4 is 52.9 Å². The van der Waals surface area contributed by atoms with Gasteiger partial charge in [0.05, 0.1) is 52.4 Å². The third-order valence-corrected chi connectivity index (χ3v) is 6.76. The number of H-pyrrole nitrogens is 1. The Bertz CT molecular complexity index is 1480. The van der Waals surface area contributed by atoms with E-state index in [0.717, 1.165) is 0 Å². The summed E-state index contributed by atoms with van der Waals surface area (Å²) in [6.45, 7) is 3.68. The average Bonchev–Trinajstić information content (AvgIpc) is 3.77. The number of nitrogens with one attached hydrogen (secondary N) is 3. The minimum Gasteiger partial charge on any atom is -0.343 e. The van der Waals surface area contributed by atoms with Crippen molar-refractivity contribution in [3.05, 3.63) is 46.4 Å². The number of halogens is 4. The molecule has 10 nitrogen and oxygen atoms in total. The van der Waals surface area contributed by atoms with Crippen molar-refractivity contribution in [2.24, 2.45) is 21.8 Å². The third-order valence-electron chi connectivity index (χ3n) is 6.41. The Kier molecular flexibility index (Phi) is 6.66. The number of amides is 2. The van der Waals surface area contributed by atoms with Crippen LogP contribution in [0, 0.1) is 29.0 Å². The van der Waals surface area contributed by atoms with Crippen LogP contribution in [-0.2, 0) is 9.59 Å². The second-order valence-corrected chi connectivity index (χ2v) is 9.42. The molecule has 0 bridgehead atoms. The molecule has 1 aromatic heterocycles. The van der Waals surface area contributed by atoms with E-state index < -0.39 is 47.9 Å². The fraction of sp³-hybridized carbons (Fsp3) is 0.333. The van der Waals surface area contributed by atoms with E-state index in [1.54, 1.807) is 4.90 Å². The number of aromatic nitrogens is 2. The lowest BCUT2D eigenvalue weighted by Crippen LogP contribution is -2.30. The van der Waals surface area contributed by atoms with Crippen molar-refractivity contribution in [3.8, 4) is 6.07 Å². The van der Waals surface area contributed by atoms with E-state index in [1.807, 2.05) is 6.07 Å². The molecule has 2 aromatic rings. The monoisotopic (exact) mass is 544 g/mol. The number of hydrogen-bond acceptors (Lipinski definition) is 7. The Morgan fingerprint density at radius 2 is 2.00 bits per heavy atom. The van der Waals surface area contributed by atoms with Gasteiger partial charge in [-0.2, -0.15) is 10.4 Å². The number of nitriles is 1. The number of fused-ring (bicyclic) bond motifs is 1. The van der Waals surface area contributed by atoms with E-state index in [2.05, 4.69) is 37.5 Å². The maximum atomic E-state index is 15.7. The summed E-state index contributed by atoms with van der Waals surface area (Å²) in [7, 11) is 0. The van der Waals surface area contributed by atoms with Gasteiger partial charge in [0.2, 0.25) is 11.8 Å². The van der Waals surface area contributed by atoms with Crippen LogP contribution in [0.4, 0.5) is 13.2 Å². The molecule has 1 unspecified atom stereocenters. The second-order valence-electron chi connectivity index (χ2n) is 9.05. The van der Waals surface area contributed by atoms with Gasteiger partial charge >= 0.3 is 0 Å². The number of carbonyl (C=O) groups is 2. The van der Waals surface area contributed by atoms with Gasteiger partial charge in [-0.3, -0.25) is 19.7 Å². The molecule has 2 fully saturated rings. The molecule has 2 heterocycles. The fourth-order valence-corrected chi connectivity index (χ4v) is 4.43. The molecule has 1 aromatic carbocycles. The summed E-state index contributed by atoms with van der Waals surface area (Å²) in [5.41, 5.74) is 0.264. The van der Waals surface area contributed by atoms with Crippen LogP contribution < -0.4 is 10.6 Å². The van der Waals surface area contributed by atoms with Gasteiger partial charge in [-0.15, -0.1) is 0 Å². The standard InChI is InChI=1S/C24H20ClF3N8O2/c1-30-17(34-24(38)11-5-14(11)27)9-36-3-2-31-16(8-36)18-12-7-32-35-22(12)19(21(28)20(18)25)15(6-29)33-23(37)10-4-13(10)26/h2,7-11,13-15H,1,3-5H2,(H,32,35)(H,33,37)(H,34,38)/b17-9+/t10-,11-,13+,14+,15?/m1/s1. The van der Waals surface area contributed by atoms with Gasteiger partial charge in [-0.25, -0.2) is 18.2 Å². The van der Waals surface area contributed by atoms with Crippen LogP contribution in [-0.4, -0.2) is 58.7 Å². The van der Waals surface area contributed by atoms with Crippen molar-refractivity contribution < 1.29 is 22.8 Å².